The van der Waals surface area contributed by atoms with E-state index in [2.05, 4.69) is 25.3 Å². The zero-order chi connectivity index (χ0) is 21.1. The molecule has 1 saturated carbocycles. The average molecular weight is 405 g/mol. The molecule has 0 bridgehead atoms. The molecule has 0 spiro atoms. The molecule has 8 nitrogen and oxygen atoms in total. The number of hydrogen-bond donors (Lipinski definition) is 1. The van der Waals surface area contributed by atoms with Crippen molar-refractivity contribution in [1.82, 2.24) is 25.3 Å². The van der Waals surface area contributed by atoms with E-state index in [-0.39, 0.29) is 5.91 Å². The lowest BCUT2D eigenvalue weighted by Crippen LogP contribution is -2.18. The van der Waals surface area contributed by atoms with E-state index in [9.17, 15) is 4.79 Å². The maximum atomic E-state index is 11.7. The average Bonchev–Trinajstić information content (AvgIpc) is 3.57. The lowest BCUT2D eigenvalue weighted by atomic mass is 10.1. The van der Waals surface area contributed by atoms with Gasteiger partial charge in [0.25, 0.3) is 5.91 Å². The molecule has 154 valence electrons. The summed E-state index contributed by atoms with van der Waals surface area (Å²) in [5.74, 6) is 2.45. The summed E-state index contributed by atoms with van der Waals surface area (Å²) in [5.41, 5.74) is 2.94. The Hall–Kier alpha value is -3.55. The number of nitrogens with zero attached hydrogens (tertiary/aromatic N) is 4. The van der Waals surface area contributed by atoms with Crippen molar-refractivity contribution in [3.63, 3.8) is 0 Å². The topological polar surface area (TPSA) is 99.1 Å². The molecular formula is C22H23N5O3. The molecule has 0 radical (unpaired) electrons. The van der Waals surface area contributed by atoms with E-state index in [1.54, 1.807) is 38.8 Å². The Labute approximate surface area is 174 Å². The van der Waals surface area contributed by atoms with E-state index >= 15 is 0 Å². The summed E-state index contributed by atoms with van der Waals surface area (Å²) in [7, 11) is 3.21. The first-order valence-electron chi connectivity index (χ1n) is 9.74. The molecule has 0 aromatic carbocycles. The van der Waals surface area contributed by atoms with Crippen molar-refractivity contribution in [3.8, 4) is 22.8 Å². The second-order valence-electron chi connectivity index (χ2n) is 7.18. The third-order valence-electron chi connectivity index (χ3n) is 5.14. The highest BCUT2D eigenvalue weighted by molar-refractivity contribution is 5.92. The maximum Gasteiger partial charge on any atom is 0.269 e. The third kappa shape index (κ3) is 4.22. The predicted molar refractivity (Wildman–Crippen MR) is 111 cm³/mol. The summed E-state index contributed by atoms with van der Waals surface area (Å²) in [6.07, 6.45) is 6.13. The normalized spacial score (nSPS) is 17.3. The van der Waals surface area contributed by atoms with Crippen LogP contribution < -0.4 is 14.8 Å². The number of aryl methyl sites for hydroxylation is 1. The molecule has 1 N–H and O–H groups in total. The first-order valence-corrected chi connectivity index (χ1v) is 9.74. The van der Waals surface area contributed by atoms with Crippen LogP contribution in [0.25, 0.3) is 11.1 Å². The first-order chi connectivity index (χ1) is 14.6. The SMILES string of the molecule is CNC(=O)c1ccc(-c2cnc(C)nc2OC[C@H]2C[C@@H]2c2ccc(OC)cn2)cn1. The molecule has 30 heavy (non-hydrogen) atoms. The summed E-state index contributed by atoms with van der Waals surface area (Å²) in [5, 5.41) is 2.56. The fraction of sp³-hybridized carbons (Fsp3) is 0.318. The van der Waals surface area contributed by atoms with Gasteiger partial charge in [-0.05, 0) is 31.5 Å². The molecular weight excluding hydrogens is 382 g/mol. The molecule has 8 heteroatoms. The van der Waals surface area contributed by atoms with Gasteiger partial charge in [-0.25, -0.2) is 4.98 Å². The van der Waals surface area contributed by atoms with Gasteiger partial charge in [0.15, 0.2) is 0 Å². The van der Waals surface area contributed by atoms with E-state index in [0.29, 0.717) is 35.8 Å². The molecule has 3 aromatic heterocycles. The van der Waals surface area contributed by atoms with Crippen molar-refractivity contribution in [1.29, 1.82) is 0 Å². The fourth-order valence-corrected chi connectivity index (χ4v) is 3.28. The van der Waals surface area contributed by atoms with Crippen molar-refractivity contribution in [2.24, 2.45) is 5.92 Å². The summed E-state index contributed by atoms with van der Waals surface area (Å²) in [4.78, 5) is 29.2. The Morgan fingerprint density at radius 3 is 2.67 bits per heavy atom. The monoisotopic (exact) mass is 405 g/mol. The van der Waals surface area contributed by atoms with Crippen LogP contribution in [0.15, 0.2) is 42.9 Å². The van der Waals surface area contributed by atoms with E-state index in [1.807, 2.05) is 25.1 Å². The number of hydrogen-bond acceptors (Lipinski definition) is 7. The van der Waals surface area contributed by atoms with Crippen LogP contribution in [0.1, 0.15) is 34.3 Å². The van der Waals surface area contributed by atoms with Gasteiger partial charge in [-0.2, -0.15) is 4.98 Å². The lowest BCUT2D eigenvalue weighted by molar-refractivity contribution is 0.0958. The highest BCUT2D eigenvalue weighted by Crippen LogP contribution is 2.47. The van der Waals surface area contributed by atoms with Gasteiger partial charge in [0.05, 0.1) is 25.5 Å². The second kappa shape index (κ2) is 8.44. The fourth-order valence-electron chi connectivity index (χ4n) is 3.28. The number of methoxy groups -OCH3 is 1. The number of nitrogens with one attached hydrogen (secondary N) is 1. The highest BCUT2D eigenvalue weighted by atomic mass is 16.5. The Balaban J connectivity index is 1.46. The van der Waals surface area contributed by atoms with E-state index in [1.165, 1.54) is 0 Å². The summed E-state index contributed by atoms with van der Waals surface area (Å²) < 4.78 is 11.2. The molecule has 0 aliphatic heterocycles. The number of pyridine rings is 2. The van der Waals surface area contributed by atoms with Gasteiger partial charge >= 0.3 is 0 Å². The van der Waals surface area contributed by atoms with Gasteiger partial charge in [-0.15, -0.1) is 0 Å². The van der Waals surface area contributed by atoms with Crippen LogP contribution in [0.5, 0.6) is 11.6 Å². The quantitative estimate of drug-likeness (QED) is 0.645. The minimum atomic E-state index is -0.231. The van der Waals surface area contributed by atoms with E-state index in [0.717, 1.165) is 29.0 Å². The molecule has 0 unspecified atom stereocenters. The third-order valence-corrected chi connectivity index (χ3v) is 5.14. The van der Waals surface area contributed by atoms with Crippen molar-refractivity contribution < 1.29 is 14.3 Å². The number of rotatable bonds is 7. The molecule has 1 aliphatic carbocycles. The minimum Gasteiger partial charge on any atom is -0.495 e. The molecule has 1 amide bonds. The van der Waals surface area contributed by atoms with Gasteiger partial charge < -0.3 is 14.8 Å². The van der Waals surface area contributed by atoms with Crippen molar-refractivity contribution in [3.05, 3.63) is 60.1 Å². The van der Waals surface area contributed by atoms with Gasteiger partial charge in [0.2, 0.25) is 5.88 Å². The van der Waals surface area contributed by atoms with Gasteiger partial charge in [-0.1, -0.05) is 6.07 Å². The Bertz CT molecular complexity index is 1040. The first kappa shape index (κ1) is 19.8. The highest BCUT2D eigenvalue weighted by Gasteiger charge is 2.40. The summed E-state index contributed by atoms with van der Waals surface area (Å²) >= 11 is 0. The van der Waals surface area contributed by atoms with Crippen molar-refractivity contribution in [2.45, 2.75) is 19.3 Å². The molecule has 4 rings (SSSR count). The Morgan fingerprint density at radius 1 is 1.13 bits per heavy atom. The molecule has 3 aromatic rings. The second-order valence-corrected chi connectivity index (χ2v) is 7.18. The minimum absolute atomic E-state index is 0.231. The van der Waals surface area contributed by atoms with Crippen molar-refractivity contribution >= 4 is 5.91 Å². The van der Waals surface area contributed by atoms with Gasteiger partial charge in [-0.3, -0.25) is 14.8 Å². The Kier molecular flexibility index (Phi) is 5.56. The van der Waals surface area contributed by atoms with Crippen LogP contribution in [-0.4, -0.2) is 46.6 Å². The molecule has 1 aliphatic rings. The molecule has 1 fully saturated rings. The van der Waals surface area contributed by atoms with E-state index < -0.39 is 0 Å². The van der Waals surface area contributed by atoms with Gasteiger partial charge in [0.1, 0.15) is 17.3 Å². The zero-order valence-electron chi connectivity index (χ0n) is 17.1. The van der Waals surface area contributed by atoms with Crippen LogP contribution >= 0.6 is 0 Å². The number of carbonyl (C=O) groups excluding carboxylic acids is 1. The Morgan fingerprint density at radius 2 is 2.00 bits per heavy atom. The van der Waals surface area contributed by atoms with Crippen LogP contribution in [0.3, 0.4) is 0 Å². The number of amides is 1. The number of carbonyl (C=O) groups is 1. The van der Waals surface area contributed by atoms with E-state index in [4.69, 9.17) is 9.47 Å². The molecule has 3 heterocycles. The molecule has 2 atom stereocenters. The molecule has 0 saturated heterocycles. The van der Waals surface area contributed by atoms with Crippen molar-refractivity contribution in [2.75, 3.05) is 20.8 Å². The summed E-state index contributed by atoms with van der Waals surface area (Å²) in [6, 6.07) is 7.42. The van der Waals surface area contributed by atoms with Crippen LogP contribution in [0, 0.1) is 12.8 Å². The van der Waals surface area contributed by atoms with Crippen LogP contribution in [-0.2, 0) is 0 Å². The maximum absolute atomic E-state index is 11.7. The standard InChI is InChI=1S/C22H23N5O3/c1-13-24-11-18(14-4-6-20(25-9-14)21(28)23-2)22(27-13)30-12-15-8-17(15)19-7-5-16(29-3)10-26-19/h4-7,9-11,15,17H,8,12H2,1-3H3,(H,23,28)/t15-,17+/m1/s1. The smallest absolute Gasteiger partial charge is 0.269 e. The largest absolute Gasteiger partial charge is 0.495 e. The van der Waals surface area contributed by atoms with Gasteiger partial charge in [0, 0.05) is 42.5 Å². The zero-order valence-corrected chi connectivity index (χ0v) is 17.1. The lowest BCUT2D eigenvalue weighted by Gasteiger charge is -2.11. The number of aromatic nitrogens is 4. The van der Waals surface area contributed by atoms with Crippen LogP contribution in [0.2, 0.25) is 0 Å². The number of ether oxygens (including phenoxy) is 2. The van der Waals surface area contributed by atoms with Crippen LogP contribution in [0.4, 0.5) is 0 Å². The summed E-state index contributed by atoms with van der Waals surface area (Å²) in [6.45, 7) is 2.37. The predicted octanol–water partition coefficient (Wildman–Crippen LogP) is 2.79.